The van der Waals surface area contributed by atoms with E-state index >= 15 is 0 Å². The number of carbonyl (C=O) groups is 1. The van der Waals surface area contributed by atoms with Gasteiger partial charge < -0.3 is 14.6 Å². The quantitative estimate of drug-likeness (QED) is 0.894. The molecule has 26 heavy (non-hydrogen) atoms. The molecule has 0 aliphatic carbocycles. The summed E-state index contributed by atoms with van der Waals surface area (Å²) in [6.07, 6.45) is 7.81. The van der Waals surface area contributed by atoms with Crippen molar-refractivity contribution in [3.63, 3.8) is 0 Å². The molecule has 0 saturated carbocycles. The molecule has 1 N–H and O–H groups in total. The van der Waals surface area contributed by atoms with E-state index in [-0.39, 0.29) is 5.91 Å². The molecule has 1 aromatic heterocycles. The number of ether oxygens (including phenoxy) is 1. The minimum atomic E-state index is -0.0455. The van der Waals surface area contributed by atoms with Crippen LogP contribution in [0.1, 0.15) is 54.7 Å². The lowest BCUT2D eigenvalue weighted by Gasteiger charge is -2.10. The summed E-state index contributed by atoms with van der Waals surface area (Å²) in [6, 6.07) is 10.2. The average Bonchev–Trinajstić information content (AvgIpc) is 3.24. The maximum absolute atomic E-state index is 12.8. The van der Waals surface area contributed by atoms with Gasteiger partial charge in [-0.15, -0.1) is 0 Å². The predicted molar refractivity (Wildman–Crippen MR) is 101 cm³/mol. The van der Waals surface area contributed by atoms with Crippen molar-refractivity contribution in [2.24, 2.45) is 0 Å². The zero-order valence-electron chi connectivity index (χ0n) is 15.2. The van der Waals surface area contributed by atoms with Crippen LogP contribution in [0.4, 0.5) is 0 Å². The zero-order chi connectivity index (χ0) is 17.8. The number of fused-ring (bicyclic) bond motifs is 1. The number of aromatic nitrogens is 2. The molecule has 138 valence electrons. The second-order valence-corrected chi connectivity index (χ2v) is 7.24. The van der Waals surface area contributed by atoms with Crippen molar-refractivity contribution < 1.29 is 9.53 Å². The number of benzene rings is 1. The van der Waals surface area contributed by atoms with Gasteiger partial charge in [0.2, 0.25) is 0 Å². The number of nitrogens with one attached hydrogen (secondary N) is 1. The summed E-state index contributed by atoms with van der Waals surface area (Å²) in [5, 5.41) is 3.07. The van der Waals surface area contributed by atoms with Crippen LogP contribution in [0, 0.1) is 0 Å². The van der Waals surface area contributed by atoms with Gasteiger partial charge in [-0.25, -0.2) is 4.98 Å². The third kappa shape index (κ3) is 3.68. The maximum atomic E-state index is 12.8. The Morgan fingerprint density at radius 3 is 2.88 bits per heavy atom. The van der Waals surface area contributed by atoms with Crippen molar-refractivity contribution in [1.29, 1.82) is 0 Å². The molecule has 5 nitrogen and oxygen atoms in total. The highest BCUT2D eigenvalue weighted by molar-refractivity contribution is 5.94. The van der Waals surface area contributed by atoms with E-state index in [1.54, 1.807) is 0 Å². The molecule has 0 spiro atoms. The number of imidazole rings is 1. The van der Waals surface area contributed by atoms with Crippen LogP contribution in [0.5, 0.6) is 0 Å². The van der Waals surface area contributed by atoms with Gasteiger partial charge in [0.25, 0.3) is 5.91 Å². The van der Waals surface area contributed by atoms with Gasteiger partial charge in [0.15, 0.2) is 0 Å². The average molecular weight is 353 g/mol. The van der Waals surface area contributed by atoms with Gasteiger partial charge >= 0.3 is 0 Å². The summed E-state index contributed by atoms with van der Waals surface area (Å²) in [5.74, 6) is 0.877. The van der Waals surface area contributed by atoms with E-state index in [4.69, 9.17) is 9.72 Å². The highest BCUT2D eigenvalue weighted by atomic mass is 16.5. The van der Waals surface area contributed by atoms with Crippen molar-refractivity contribution in [1.82, 2.24) is 14.9 Å². The number of carbonyl (C=O) groups excluding carboxylic acids is 1. The zero-order valence-corrected chi connectivity index (χ0v) is 15.2. The van der Waals surface area contributed by atoms with E-state index < -0.39 is 0 Å². The molecule has 2 aliphatic rings. The summed E-state index contributed by atoms with van der Waals surface area (Å²) in [4.78, 5) is 17.6. The Labute approximate surface area is 154 Å². The molecular weight excluding hydrogens is 326 g/mol. The predicted octanol–water partition coefficient (Wildman–Crippen LogP) is 3.58. The third-order valence-electron chi connectivity index (χ3n) is 5.39. The van der Waals surface area contributed by atoms with Crippen LogP contribution < -0.4 is 5.32 Å². The fourth-order valence-corrected chi connectivity index (χ4v) is 4.01. The van der Waals surface area contributed by atoms with E-state index in [9.17, 15) is 4.79 Å². The standard InChI is InChI=1S/C21H27N3O2/c25-21(22-13-12-17-10-7-15-26-17)19-18-11-5-2-6-14-24(18)20(23-19)16-8-3-1-4-9-16/h1,3-4,8-9,17H,2,5-7,10-15H2,(H,22,25)/t17-/m1/s1. The summed E-state index contributed by atoms with van der Waals surface area (Å²) < 4.78 is 7.90. The van der Waals surface area contributed by atoms with Crippen molar-refractivity contribution in [3.8, 4) is 11.4 Å². The van der Waals surface area contributed by atoms with Crippen molar-refractivity contribution in [2.75, 3.05) is 13.2 Å². The molecular formula is C21H27N3O2. The number of hydrogen-bond acceptors (Lipinski definition) is 3. The minimum Gasteiger partial charge on any atom is -0.378 e. The number of nitrogens with zero attached hydrogens (tertiary/aromatic N) is 2. The molecule has 1 saturated heterocycles. The van der Waals surface area contributed by atoms with Crippen LogP contribution in [-0.4, -0.2) is 34.7 Å². The minimum absolute atomic E-state index is 0.0455. The number of rotatable bonds is 5. The van der Waals surface area contributed by atoms with E-state index in [1.807, 2.05) is 18.2 Å². The summed E-state index contributed by atoms with van der Waals surface area (Å²) in [5.41, 5.74) is 2.78. The summed E-state index contributed by atoms with van der Waals surface area (Å²) in [6.45, 7) is 2.44. The van der Waals surface area contributed by atoms with Crippen molar-refractivity contribution in [2.45, 2.75) is 57.6 Å². The van der Waals surface area contributed by atoms with E-state index in [0.29, 0.717) is 18.3 Å². The maximum Gasteiger partial charge on any atom is 0.271 e. The first-order valence-electron chi connectivity index (χ1n) is 9.87. The van der Waals surface area contributed by atoms with Gasteiger partial charge in [-0.3, -0.25) is 4.79 Å². The molecule has 1 atom stereocenters. The smallest absolute Gasteiger partial charge is 0.271 e. The Balaban J connectivity index is 1.54. The number of hydrogen-bond donors (Lipinski definition) is 1. The van der Waals surface area contributed by atoms with Crippen LogP contribution in [0.15, 0.2) is 30.3 Å². The second kappa shape index (κ2) is 8.04. The fourth-order valence-electron chi connectivity index (χ4n) is 4.01. The van der Waals surface area contributed by atoms with Crippen LogP contribution in [0.2, 0.25) is 0 Å². The fraction of sp³-hybridized carbons (Fsp3) is 0.524. The van der Waals surface area contributed by atoms with Crippen molar-refractivity contribution in [3.05, 3.63) is 41.7 Å². The molecule has 5 heteroatoms. The Morgan fingerprint density at radius 2 is 2.08 bits per heavy atom. The Kier molecular flexibility index (Phi) is 5.34. The monoisotopic (exact) mass is 353 g/mol. The first-order chi connectivity index (χ1) is 12.8. The van der Waals surface area contributed by atoms with E-state index in [2.05, 4.69) is 22.0 Å². The summed E-state index contributed by atoms with van der Waals surface area (Å²) >= 11 is 0. The van der Waals surface area contributed by atoms with Gasteiger partial charge in [0.05, 0.1) is 11.8 Å². The first-order valence-corrected chi connectivity index (χ1v) is 9.87. The molecule has 3 heterocycles. The molecule has 4 rings (SSSR count). The van der Waals surface area contributed by atoms with Crippen LogP contribution in [-0.2, 0) is 17.7 Å². The lowest BCUT2D eigenvalue weighted by Crippen LogP contribution is -2.28. The van der Waals surface area contributed by atoms with Gasteiger partial charge in [0, 0.05) is 25.3 Å². The van der Waals surface area contributed by atoms with Gasteiger partial charge in [-0.1, -0.05) is 36.8 Å². The summed E-state index contributed by atoms with van der Waals surface area (Å²) in [7, 11) is 0. The Bertz CT molecular complexity index is 748. The lowest BCUT2D eigenvalue weighted by molar-refractivity contribution is 0.0902. The van der Waals surface area contributed by atoms with Gasteiger partial charge in [-0.05, 0) is 38.5 Å². The van der Waals surface area contributed by atoms with E-state index in [1.165, 1.54) is 6.42 Å². The van der Waals surface area contributed by atoms with Crippen LogP contribution in [0.3, 0.4) is 0 Å². The molecule has 1 amide bonds. The highest BCUT2D eigenvalue weighted by Gasteiger charge is 2.24. The molecule has 0 radical (unpaired) electrons. The molecule has 1 aromatic carbocycles. The third-order valence-corrected chi connectivity index (χ3v) is 5.39. The first kappa shape index (κ1) is 17.3. The molecule has 2 aliphatic heterocycles. The Morgan fingerprint density at radius 1 is 1.19 bits per heavy atom. The van der Waals surface area contributed by atoms with Crippen LogP contribution >= 0.6 is 0 Å². The largest absolute Gasteiger partial charge is 0.378 e. The molecule has 0 unspecified atom stereocenters. The Hall–Kier alpha value is -2.14. The topological polar surface area (TPSA) is 56.1 Å². The number of amides is 1. The normalized spacial score (nSPS) is 19.8. The van der Waals surface area contributed by atoms with Crippen LogP contribution in [0.25, 0.3) is 11.4 Å². The van der Waals surface area contributed by atoms with E-state index in [0.717, 1.165) is 68.8 Å². The molecule has 2 aromatic rings. The second-order valence-electron chi connectivity index (χ2n) is 7.24. The van der Waals surface area contributed by atoms with Crippen molar-refractivity contribution >= 4 is 5.91 Å². The molecule has 0 bridgehead atoms. The lowest BCUT2D eigenvalue weighted by atomic mass is 10.1. The van der Waals surface area contributed by atoms with Gasteiger partial charge in [-0.2, -0.15) is 0 Å². The van der Waals surface area contributed by atoms with Gasteiger partial charge in [0.1, 0.15) is 11.5 Å². The molecule has 1 fully saturated rings. The highest BCUT2D eigenvalue weighted by Crippen LogP contribution is 2.27. The SMILES string of the molecule is O=C(NCC[C@H]1CCCO1)c1nc(-c2ccccc2)n2c1CCCCC2.